The van der Waals surface area contributed by atoms with E-state index in [0.29, 0.717) is 5.13 Å². The van der Waals surface area contributed by atoms with Crippen LogP contribution in [0.4, 0.5) is 10.8 Å². The second-order valence-electron chi connectivity index (χ2n) is 6.69. The number of aromatic nitrogens is 2. The molecule has 5 nitrogen and oxygen atoms in total. The number of nitrogens with one attached hydrogen (secondary N) is 1. The van der Waals surface area contributed by atoms with Gasteiger partial charge in [-0.25, -0.2) is 0 Å². The minimum Gasteiger partial charge on any atom is -0.371 e. The molecule has 0 atom stereocenters. The highest BCUT2D eigenvalue weighted by Gasteiger charge is 2.26. The molecule has 1 N–H and O–H groups in total. The van der Waals surface area contributed by atoms with Crippen LogP contribution in [-0.4, -0.2) is 29.2 Å². The van der Waals surface area contributed by atoms with E-state index in [1.807, 2.05) is 18.2 Å². The molecule has 0 spiro atoms. The number of anilines is 2. The van der Waals surface area contributed by atoms with E-state index in [9.17, 15) is 4.79 Å². The average Bonchev–Trinajstić information content (AvgIpc) is 3.09. The van der Waals surface area contributed by atoms with Crippen molar-refractivity contribution in [2.45, 2.75) is 45.4 Å². The molecule has 1 amide bonds. The number of nitrogens with zero attached hydrogens (tertiary/aromatic N) is 3. The molecule has 0 unspecified atom stereocenters. The van der Waals surface area contributed by atoms with Crippen molar-refractivity contribution in [2.75, 3.05) is 23.3 Å². The third kappa shape index (κ3) is 5.17. The van der Waals surface area contributed by atoms with Gasteiger partial charge in [-0.15, -0.1) is 10.2 Å². The van der Waals surface area contributed by atoms with Crippen molar-refractivity contribution in [3.05, 3.63) is 34.3 Å². The highest BCUT2D eigenvalue weighted by molar-refractivity contribution is 7.15. The van der Waals surface area contributed by atoms with Crippen molar-refractivity contribution in [1.82, 2.24) is 10.2 Å². The molecule has 1 aliphatic rings. The first-order chi connectivity index (χ1) is 12.7. The standard InChI is InChI=1S/C19H25ClN4OS/c1-2-3-4-8-17-22-23-19(26-17)21-18(25)14-9-11-24(12-10-14)16-7-5-6-15(20)13-16/h5-7,13-14H,2-4,8-12H2,1H3,(H,21,23,25). The number of carbonyl (C=O) groups excluding carboxylic acids is 1. The molecule has 140 valence electrons. The van der Waals surface area contributed by atoms with Gasteiger partial charge in [0.05, 0.1) is 0 Å². The molecule has 1 aromatic carbocycles. The summed E-state index contributed by atoms with van der Waals surface area (Å²) in [5.74, 6) is 0.0878. The molecule has 1 aliphatic heterocycles. The van der Waals surface area contributed by atoms with Crippen molar-refractivity contribution in [3.8, 4) is 0 Å². The fraction of sp³-hybridized carbons (Fsp3) is 0.526. The average molecular weight is 393 g/mol. The van der Waals surface area contributed by atoms with E-state index in [2.05, 4.69) is 33.4 Å². The second-order valence-corrected chi connectivity index (χ2v) is 8.19. The zero-order chi connectivity index (χ0) is 18.4. The minimum absolute atomic E-state index is 0.0258. The molecule has 1 fully saturated rings. The van der Waals surface area contributed by atoms with E-state index >= 15 is 0 Å². The van der Waals surface area contributed by atoms with Crippen LogP contribution < -0.4 is 10.2 Å². The van der Waals surface area contributed by atoms with Crippen LogP contribution in [0.5, 0.6) is 0 Å². The van der Waals surface area contributed by atoms with Gasteiger partial charge < -0.3 is 10.2 Å². The summed E-state index contributed by atoms with van der Waals surface area (Å²) in [5, 5.41) is 13.6. The van der Waals surface area contributed by atoms with Crippen molar-refractivity contribution in [3.63, 3.8) is 0 Å². The van der Waals surface area contributed by atoms with Crippen LogP contribution >= 0.6 is 22.9 Å². The summed E-state index contributed by atoms with van der Waals surface area (Å²) in [7, 11) is 0. The highest BCUT2D eigenvalue weighted by atomic mass is 35.5. The van der Waals surface area contributed by atoms with E-state index in [-0.39, 0.29) is 11.8 Å². The Balaban J connectivity index is 1.48. The summed E-state index contributed by atoms with van der Waals surface area (Å²) in [6.07, 6.45) is 6.13. The maximum Gasteiger partial charge on any atom is 0.229 e. The lowest BCUT2D eigenvalue weighted by molar-refractivity contribution is -0.120. The highest BCUT2D eigenvalue weighted by Crippen LogP contribution is 2.26. The van der Waals surface area contributed by atoms with Crippen LogP contribution in [0.2, 0.25) is 5.02 Å². The molecule has 3 rings (SSSR count). The predicted molar refractivity (Wildman–Crippen MR) is 108 cm³/mol. The largest absolute Gasteiger partial charge is 0.371 e. The van der Waals surface area contributed by atoms with Gasteiger partial charge >= 0.3 is 0 Å². The van der Waals surface area contributed by atoms with Crippen LogP contribution in [0, 0.1) is 5.92 Å². The SMILES string of the molecule is CCCCCc1nnc(NC(=O)C2CCN(c3cccc(Cl)c3)CC2)s1. The summed E-state index contributed by atoms with van der Waals surface area (Å²) in [4.78, 5) is 14.8. The normalized spacial score (nSPS) is 15.2. The number of hydrogen-bond donors (Lipinski definition) is 1. The van der Waals surface area contributed by atoms with Crippen molar-refractivity contribution < 1.29 is 4.79 Å². The maximum absolute atomic E-state index is 12.5. The summed E-state index contributed by atoms with van der Waals surface area (Å²) in [6.45, 7) is 3.90. The lowest BCUT2D eigenvalue weighted by atomic mass is 9.95. The van der Waals surface area contributed by atoms with Crippen molar-refractivity contribution in [2.24, 2.45) is 5.92 Å². The number of piperidine rings is 1. The minimum atomic E-state index is 0.0258. The Morgan fingerprint density at radius 1 is 1.31 bits per heavy atom. The van der Waals surface area contributed by atoms with Crippen molar-refractivity contribution in [1.29, 1.82) is 0 Å². The van der Waals surface area contributed by atoms with E-state index < -0.39 is 0 Å². The molecule has 0 radical (unpaired) electrons. The number of amides is 1. The summed E-state index contributed by atoms with van der Waals surface area (Å²) in [6, 6.07) is 7.88. The number of halogens is 1. The third-order valence-electron chi connectivity index (χ3n) is 4.73. The third-order valence-corrected chi connectivity index (χ3v) is 5.86. The van der Waals surface area contributed by atoms with Crippen LogP contribution in [0.1, 0.15) is 44.0 Å². The Morgan fingerprint density at radius 3 is 2.85 bits per heavy atom. The number of carbonyl (C=O) groups is 1. The monoisotopic (exact) mass is 392 g/mol. The van der Waals surface area contributed by atoms with E-state index in [1.165, 1.54) is 24.2 Å². The van der Waals surface area contributed by atoms with Crippen LogP contribution in [0.15, 0.2) is 24.3 Å². The van der Waals surface area contributed by atoms with E-state index in [1.54, 1.807) is 0 Å². The molecule has 0 aliphatic carbocycles. The number of rotatable bonds is 7. The molecule has 7 heteroatoms. The second kappa shape index (κ2) is 9.33. The lowest BCUT2D eigenvalue weighted by Crippen LogP contribution is -2.38. The predicted octanol–water partition coefficient (Wildman–Crippen LogP) is 4.78. The maximum atomic E-state index is 12.5. The first-order valence-corrected chi connectivity index (χ1v) is 10.5. The molecule has 2 heterocycles. The van der Waals surface area contributed by atoms with Crippen LogP contribution in [0.25, 0.3) is 0 Å². The zero-order valence-corrected chi connectivity index (χ0v) is 16.7. The fourth-order valence-corrected chi connectivity index (χ4v) is 4.18. The molecule has 1 saturated heterocycles. The van der Waals surface area contributed by atoms with Gasteiger partial charge in [0.2, 0.25) is 11.0 Å². The Hall–Kier alpha value is -1.66. The Labute approximate surface area is 163 Å². The number of aryl methyl sites for hydroxylation is 1. The zero-order valence-electron chi connectivity index (χ0n) is 15.1. The van der Waals surface area contributed by atoms with Gasteiger partial charge in [0.25, 0.3) is 0 Å². The Morgan fingerprint density at radius 2 is 2.12 bits per heavy atom. The molecular formula is C19H25ClN4OS. The Bertz CT molecular complexity index is 728. The molecular weight excluding hydrogens is 368 g/mol. The molecule has 1 aromatic heterocycles. The fourth-order valence-electron chi connectivity index (χ4n) is 3.21. The van der Waals surface area contributed by atoms with Crippen molar-refractivity contribution >= 4 is 39.7 Å². The number of unbranched alkanes of at least 4 members (excludes halogenated alkanes) is 2. The summed E-state index contributed by atoms with van der Waals surface area (Å²) in [5.41, 5.74) is 1.12. The van der Waals surface area contributed by atoms with Gasteiger partial charge in [0.15, 0.2) is 0 Å². The molecule has 26 heavy (non-hydrogen) atoms. The quantitative estimate of drug-likeness (QED) is 0.689. The molecule has 0 bridgehead atoms. The van der Waals surface area contributed by atoms with Gasteiger partial charge in [0, 0.05) is 36.1 Å². The molecule has 2 aromatic rings. The first kappa shape index (κ1) is 19.1. The van der Waals surface area contributed by atoms with Gasteiger partial charge in [0.1, 0.15) is 5.01 Å². The van der Waals surface area contributed by atoms with Gasteiger partial charge in [-0.05, 0) is 37.5 Å². The van der Waals surface area contributed by atoms with Gasteiger partial charge in [-0.1, -0.05) is 48.8 Å². The van der Waals surface area contributed by atoms with Gasteiger partial charge in [-0.2, -0.15) is 0 Å². The topological polar surface area (TPSA) is 58.1 Å². The summed E-state index contributed by atoms with van der Waals surface area (Å²) >= 11 is 7.57. The van der Waals surface area contributed by atoms with Crippen LogP contribution in [-0.2, 0) is 11.2 Å². The summed E-state index contributed by atoms with van der Waals surface area (Å²) < 4.78 is 0. The molecule has 0 saturated carbocycles. The number of benzene rings is 1. The van der Waals surface area contributed by atoms with Crippen LogP contribution in [0.3, 0.4) is 0 Å². The van der Waals surface area contributed by atoms with E-state index in [4.69, 9.17) is 11.6 Å². The first-order valence-electron chi connectivity index (χ1n) is 9.29. The number of hydrogen-bond acceptors (Lipinski definition) is 5. The Kier molecular flexibility index (Phi) is 6.86. The van der Waals surface area contributed by atoms with Gasteiger partial charge in [-0.3, -0.25) is 4.79 Å². The smallest absolute Gasteiger partial charge is 0.229 e. The van der Waals surface area contributed by atoms with E-state index in [0.717, 1.165) is 54.5 Å². The lowest BCUT2D eigenvalue weighted by Gasteiger charge is -2.32.